The van der Waals surface area contributed by atoms with Gasteiger partial charge in [0, 0.05) is 32.4 Å². The van der Waals surface area contributed by atoms with Crippen LogP contribution in [-0.4, -0.2) is 128 Å². The number of Topliss-reactive ketones (excluding diaryl/α,β-unsaturated/α-hetero) is 3. The molecule has 15 nitrogen and oxygen atoms in total. The van der Waals surface area contributed by atoms with Gasteiger partial charge in [-0.15, -0.1) is 0 Å². The Bertz CT molecular complexity index is 1160. The number of rotatable bonds is 44. The predicted molar refractivity (Wildman–Crippen MR) is 228 cm³/mol. The van der Waals surface area contributed by atoms with E-state index in [2.05, 4.69) is 16.0 Å². The molecule has 0 bridgehead atoms. The van der Waals surface area contributed by atoms with Crippen LogP contribution in [0.25, 0.3) is 0 Å². The number of ketones is 3. The summed E-state index contributed by atoms with van der Waals surface area (Å²) in [5, 5.41) is 27.2. The van der Waals surface area contributed by atoms with Crippen LogP contribution in [0.1, 0.15) is 163 Å². The zero-order valence-corrected chi connectivity index (χ0v) is 37.3. The Morgan fingerprint density at radius 2 is 0.881 bits per heavy atom. The number of unbranched alkanes of at least 4 members (excludes halogenated alkanes) is 15. The van der Waals surface area contributed by atoms with Crippen LogP contribution in [0, 0.1) is 0 Å². The lowest BCUT2D eigenvalue weighted by Gasteiger charge is -2.26. The molecule has 0 heterocycles. The van der Waals surface area contributed by atoms with E-state index in [-0.39, 0.29) is 75.4 Å². The molecule has 0 aliphatic heterocycles. The van der Waals surface area contributed by atoms with Crippen LogP contribution in [-0.2, 0) is 47.7 Å². The number of hydrogen-bond acceptors (Lipinski definition) is 12. The van der Waals surface area contributed by atoms with Crippen LogP contribution in [0.4, 0.5) is 0 Å². The van der Waals surface area contributed by atoms with Crippen molar-refractivity contribution in [3.63, 3.8) is 0 Å². The van der Waals surface area contributed by atoms with Gasteiger partial charge in [-0.25, -0.2) is 4.79 Å². The van der Waals surface area contributed by atoms with E-state index in [1.54, 1.807) is 27.7 Å². The lowest BCUT2D eigenvalue weighted by Crippen LogP contribution is -2.49. The van der Waals surface area contributed by atoms with E-state index in [1.165, 1.54) is 64.7 Å². The molecule has 0 aromatic rings. The van der Waals surface area contributed by atoms with Gasteiger partial charge in [-0.1, -0.05) is 89.9 Å². The average molecular weight is 844 g/mol. The number of carbonyl (C=O) groups is 6. The van der Waals surface area contributed by atoms with Crippen LogP contribution in [0.15, 0.2) is 0 Å². The molecule has 0 saturated heterocycles. The number of carboxylic acid groups (broad SMARTS) is 2. The van der Waals surface area contributed by atoms with Gasteiger partial charge in [-0.3, -0.25) is 24.0 Å². The van der Waals surface area contributed by atoms with Gasteiger partial charge in [-0.05, 0) is 53.9 Å². The highest BCUT2D eigenvalue weighted by atomic mass is 16.5. The molecule has 59 heavy (non-hydrogen) atoms. The second kappa shape index (κ2) is 35.9. The first-order valence-electron chi connectivity index (χ1n) is 22.2. The lowest BCUT2D eigenvalue weighted by molar-refractivity contribution is -0.142. The third-order valence-electron chi connectivity index (χ3n) is 10.1. The summed E-state index contributed by atoms with van der Waals surface area (Å²) in [6, 6.07) is -1.13. The van der Waals surface area contributed by atoms with Crippen molar-refractivity contribution in [3.05, 3.63) is 0 Å². The molecule has 0 aliphatic rings. The number of carboxylic acids is 2. The summed E-state index contributed by atoms with van der Waals surface area (Å²) in [5.41, 5.74) is -1.72. The second-order valence-electron chi connectivity index (χ2n) is 16.5. The van der Waals surface area contributed by atoms with Crippen LogP contribution < -0.4 is 16.0 Å². The van der Waals surface area contributed by atoms with E-state index in [0.717, 1.165) is 38.5 Å². The molecule has 0 fully saturated rings. The average Bonchev–Trinajstić information content (AvgIpc) is 3.17. The van der Waals surface area contributed by atoms with Crippen LogP contribution in [0.5, 0.6) is 0 Å². The van der Waals surface area contributed by atoms with Gasteiger partial charge in [0.2, 0.25) is 5.91 Å². The number of carbonyl (C=O) groups excluding carboxylic acids is 4. The number of aliphatic carboxylic acids is 2. The highest BCUT2D eigenvalue weighted by molar-refractivity contribution is 5.89. The number of ether oxygens (including phenoxy) is 4. The molecule has 15 heteroatoms. The molecule has 0 rings (SSSR count). The van der Waals surface area contributed by atoms with Gasteiger partial charge >= 0.3 is 11.9 Å². The Morgan fingerprint density at radius 1 is 0.492 bits per heavy atom. The first kappa shape index (κ1) is 56.2. The van der Waals surface area contributed by atoms with E-state index in [4.69, 9.17) is 24.1 Å². The zero-order valence-electron chi connectivity index (χ0n) is 37.3. The van der Waals surface area contributed by atoms with Crippen LogP contribution in [0.2, 0.25) is 0 Å². The Hall–Kier alpha value is -2.82. The fourth-order valence-corrected chi connectivity index (χ4v) is 6.22. The molecule has 5 N–H and O–H groups in total. The fraction of sp³-hybridized carbons (Fsp3) is 0.864. The highest BCUT2D eigenvalue weighted by Crippen LogP contribution is 2.15. The summed E-state index contributed by atoms with van der Waals surface area (Å²) in [4.78, 5) is 71.2. The van der Waals surface area contributed by atoms with Gasteiger partial charge in [0.05, 0.1) is 50.7 Å². The van der Waals surface area contributed by atoms with Crippen molar-refractivity contribution in [3.8, 4) is 0 Å². The molecule has 1 amide bonds. The molecule has 0 saturated carbocycles. The van der Waals surface area contributed by atoms with Crippen molar-refractivity contribution < 1.29 is 57.9 Å². The van der Waals surface area contributed by atoms with E-state index < -0.39 is 29.1 Å². The minimum atomic E-state index is -1.16. The summed E-state index contributed by atoms with van der Waals surface area (Å²) in [6.07, 6.45) is 18.5. The maximum Gasteiger partial charge on any atom is 0.326 e. The summed E-state index contributed by atoms with van der Waals surface area (Å²) < 4.78 is 21.6. The predicted octanol–water partition coefficient (Wildman–Crippen LogP) is 5.97. The van der Waals surface area contributed by atoms with E-state index in [9.17, 15) is 33.9 Å². The van der Waals surface area contributed by atoms with E-state index >= 15 is 0 Å². The second-order valence-corrected chi connectivity index (χ2v) is 16.5. The Labute approximate surface area is 354 Å². The standard InChI is InChI=1S/C44H81N3O12/c1-36(48)34-58-32-30-56-29-27-46-44(4,5)39(50)35-59-33-31-57-28-26-45-43(2,3)38(49)25-24-37(42(54)55)47-40(51)22-20-18-16-14-12-10-8-6-7-9-11-13-15-17-19-21-23-41(52)53/h37,45-46H,6-35H2,1-5H3,(H,47,51)(H,52,53)(H,54,55)/t37-/m0/s1. The Balaban J connectivity index is 3.95. The smallest absolute Gasteiger partial charge is 0.326 e. The number of amides is 1. The molecular weight excluding hydrogens is 762 g/mol. The van der Waals surface area contributed by atoms with Gasteiger partial charge in [0.15, 0.2) is 17.3 Å². The van der Waals surface area contributed by atoms with Crippen molar-refractivity contribution in [2.24, 2.45) is 0 Å². The molecule has 0 radical (unpaired) electrons. The molecule has 0 aliphatic carbocycles. The molecule has 344 valence electrons. The third-order valence-corrected chi connectivity index (χ3v) is 10.1. The van der Waals surface area contributed by atoms with Crippen molar-refractivity contribution >= 4 is 35.2 Å². The Kier molecular flexibility index (Phi) is 34.2. The summed E-state index contributed by atoms with van der Waals surface area (Å²) in [7, 11) is 0. The van der Waals surface area contributed by atoms with Crippen molar-refractivity contribution in [2.45, 2.75) is 180 Å². The minimum absolute atomic E-state index is 0.00642. The molecule has 1 atom stereocenters. The SMILES string of the molecule is CC(=O)COCCOCCNC(C)(C)C(=O)COCCOCCNC(C)(C)C(=O)CC[C@H](NC(=O)CCCCCCCCCCCCCCCCCCC(=O)O)C(=O)O. The summed E-state index contributed by atoms with van der Waals surface area (Å²) >= 11 is 0. The molecule has 0 unspecified atom stereocenters. The molecular formula is C44H81N3O12. The third kappa shape index (κ3) is 34.6. The maximum atomic E-state index is 12.9. The Morgan fingerprint density at radius 3 is 1.31 bits per heavy atom. The summed E-state index contributed by atoms with van der Waals surface area (Å²) in [5.74, 6) is -2.49. The van der Waals surface area contributed by atoms with Crippen LogP contribution in [0.3, 0.4) is 0 Å². The van der Waals surface area contributed by atoms with Crippen molar-refractivity contribution in [2.75, 3.05) is 65.9 Å². The normalized spacial score (nSPS) is 12.4. The molecule has 0 aromatic carbocycles. The van der Waals surface area contributed by atoms with Gasteiger partial charge in [-0.2, -0.15) is 0 Å². The topological polar surface area (TPSA) is 216 Å². The van der Waals surface area contributed by atoms with Crippen molar-refractivity contribution in [1.29, 1.82) is 0 Å². The van der Waals surface area contributed by atoms with Crippen LogP contribution >= 0.6 is 0 Å². The van der Waals surface area contributed by atoms with E-state index in [1.807, 2.05) is 0 Å². The zero-order chi connectivity index (χ0) is 44.2. The first-order valence-corrected chi connectivity index (χ1v) is 22.2. The molecule has 0 aromatic heterocycles. The minimum Gasteiger partial charge on any atom is -0.481 e. The lowest BCUT2D eigenvalue weighted by atomic mass is 9.94. The van der Waals surface area contributed by atoms with Gasteiger partial charge in [0.25, 0.3) is 0 Å². The quantitative estimate of drug-likeness (QED) is 0.0447. The first-order chi connectivity index (χ1) is 28.1. The number of nitrogens with one attached hydrogen (secondary N) is 3. The number of hydrogen-bond donors (Lipinski definition) is 5. The summed E-state index contributed by atoms with van der Waals surface area (Å²) in [6.45, 7) is 11.2. The van der Waals surface area contributed by atoms with Crippen molar-refractivity contribution in [1.82, 2.24) is 16.0 Å². The maximum absolute atomic E-state index is 12.9. The monoisotopic (exact) mass is 844 g/mol. The fourth-order valence-electron chi connectivity index (χ4n) is 6.22. The molecule has 0 spiro atoms. The highest BCUT2D eigenvalue weighted by Gasteiger charge is 2.29. The van der Waals surface area contributed by atoms with Gasteiger partial charge < -0.3 is 45.1 Å². The van der Waals surface area contributed by atoms with Gasteiger partial charge in [0.1, 0.15) is 19.3 Å². The van der Waals surface area contributed by atoms with E-state index in [0.29, 0.717) is 45.9 Å². The largest absolute Gasteiger partial charge is 0.481 e.